The Labute approximate surface area is 185 Å². The molecule has 0 spiro atoms. The quantitative estimate of drug-likeness (QED) is 0.523. The molecule has 2 unspecified atom stereocenters. The summed E-state index contributed by atoms with van der Waals surface area (Å²) in [5, 5.41) is 5.48. The van der Waals surface area contributed by atoms with Crippen molar-refractivity contribution >= 4 is 34.7 Å². The molecule has 10 heteroatoms. The number of carbonyl (C=O) groups excluding carboxylic acids is 2. The maximum Gasteiger partial charge on any atom is 0.310 e. The molecule has 0 aromatic carbocycles. The highest BCUT2D eigenvalue weighted by Crippen LogP contribution is 2.34. The number of aromatic nitrogens is 4. The fourth-order valence-electron chi connectivity index (χ4n) is 4.26. The molecule has 0 aliphatic carbocycles. The highest BCUT2D eigenvalue weighted by atomic mass is 32.2. The van der Waals surface area contributed by atoms with E-state index in [0.29, 0.717) is 41.6 Å². The zero-order chi connectivity index (χ0) is 22.3. The van der Waals surface area contributed by atoms with E-state index in [9.17, 15) is 14.4 Å². The first-order valence-corrected chi connectivity index (χ1v) is 11.8. The summed E-state index contributed by atoms with van der Waals surface area (Å²) < 4.78 is 8.55. The largest absolute Gasteiger partial charge is 0.466 e. The molecule has 0 bridgehead atoms. The van der Waals surface area contributed by atoms with E-state index in [2.05, 4.69) is 5.10 Å². The first kappa shape index (κ1) is 21.9. The Kier molecular flexibility index (Phi) is 5.85. The topological polar surface area (TPSA) is 99.3 Å². The maximum absolute atomic E-state index is 13.2. The smallest absolute Gasteiger partial charge is 0.310 e. The summed E-state index contributed by atoms with van der Waals surface area (Å²) >= 11 is 1.49. The second kappa shape index (κ2) is 8.29. The maximum atomic E-state index is 13.2. The number of esters is 1. The molecule has 2 aromatic rings. The van der Waals surface area contributed by atoms with Crippen molar-refractivity contribution in [2.45, 2.75) is 63.7 Å². The number of hydrogen-bond donors (Lipinski definition) is 0. The number of thioether (sulfide) groups is 1. The summed E-state index contributed by atoms with van der Waals surface area (Å²) in [7, 11) is 0. The number of amides is 1. The average Bonchev–Trinajstić information content (AvgIpc) is 3.33. The Bertz CT molecular complexity index is 1070. The van der Waals surface area contributed by atoms with E-state index in [-0.39, 0.29) is 41.4 Å². The number of hydrogen-bond acceptors (Lipinski definition) is 7. The third-order valence-corrected chi connectivity index (χ3v) is 6.91. The minimum Gasteiger partial charge on any atom is -0.466 e. The predicted octanol–water partition coefficient (Wildman–Crippen LogP) is 2.19. The zero-order valence-electron chi connectivity index (χ0n) is 18.5. The number of carbonyl (C=O) groups is 2. The van der Waals surface area contributed by atoms with Crippen LogP contribution in [0.1, 0.15) is 53.0 Å². The monoisotopic (exact) mass is 447 g/mol. The molecule has 2 aliphatic heterocycles. The standard InChI is InChI=1S/C21H29N5O4S/c1-5-30-19(29)13-7-6-8-24(11-13)16(27)9-14-12-31-20-23-17-15(18(28)25(14)20)10-22-26(17)21(2,3)4/h10,13-14H,5-9,11-12H2,1-4H3. The molecule has 0 N–H and O–H groups in total. The van der Waals surface area contributed by atoms with E-state index < -0.39 is 0 Å². The van der Waals surface area contributed by atoms with Crippen LogP contribution < -0.4 is 5.56 Å². The first-order valence-electron chi connectivity index (χ1n) is 10.8. The van der Waals surface area contributed by atoms with Crippen LogP contribution in [0.3, 0.4) is 0 Å². The van der Waals surface area contributed by atoms with Crippen molar-refractivity contribution in [2.75, 3.05) is 25.4 Å². The number of nitrogens with zero attached hydrogens (tertiary/aromatic N) is 5. The lowest BCUT2D eigenvalue weighted by molar-refractivity contribution is -0.151. The van der Waals surface area contributed by atoms with E-state index in [0.717, 1.165) is 12.8 Å². The SMILES string of the molecule is CCOC(=O)C1CCCN(C(=O)CC2CSc3nc4c(cnn4C(C)(C)C)c(=O)n32)C1. The van der Waals surface area contributed by atoms with Gasteiger partial charge in [0.15, 0.2) is 10.8 Å². The minimum absolute atomic E-state index is 0.0372. The van der Waals surface area contributed by atoms with E-state index in [1.807, 2.05) is 20.8 Å². The molecule has 2 aliphatic rings. The highest BCUT2D eigenvalue weighted by molar-refractivity contribution is 7.99. The van der Waals surface area contributed by atoms with Gasteiger partial charge in [0, 0.05) is 25.3 Å². The van der Waals surface area contributed by atoms with Crippen molar-refractivity contribution in [2.24, 2.45) is 5.92 Å². The second-order valence-corrected chi connectivity index (χ2v) is 10.1. The molecule has 9 nitrogen and oxygen atoms in total. The molecule has 0 saturated carbocycles. The molecule has 2 aromatic heterocycles. The Morgan fingerprint density at radius 1 is 1.32 bits per heavy atom. The van der Waals surface area contributed by atoms with Crippen molar-refractivity contribution in [1.82, 2.24) is 24.2 Å². The normalized spacial score (nSPS) is 21.4. The first-order chi connectivity index (χ1) is 14.7. The van der Waals surface area contributed by atoms with E-state index in [4.69, 9.17) is 9.72 Å². The van der Waals surface area contributed by atoms with Gasteiger partial charge in [0.1, 0.15) is 5.39 Å². The molecule has 4 heterocycles. The van der Waals surface area contributed by atoms with Crippen LogP contribution in [0.25, 0.3) is 11.0 Å². The van der Waals surface area contributed by atoms with Crippen LogP contribution in [0.4, 0.5) is 0 Å². The molecular weight excluding hydrogens is 418 g/mol. The van der Waals surface area contributed by atoms with Crippen molar-refractivity contribution in [1.29, 1.82) is 0 Å². The van der Waals surface area contributed by atoms with Gasteiger partial charge in [-0.05, 0) is 40.5 Å². The lowest BCUT2D eigenvalue weighted by Gasteiger charge is -2.32. The predicted molar refractivity (Wildman–Crippen MR) is 117 cm³/mol. The van der Waals surface area contributed by atoms with Crippen LogP contribution in [0.5, 0.6) is 0 Å². The molecule has 0 radical (unpaired) electrons. The summed E-state index contributed by atoms with van der Waals surface area (Å²) in [4.78, 5) is 44.8. The molecule has 1 saturated heterocycles. The summed E-state index contributed by atoms with van der Waals surface area (Å²) in [5.74, 6) is 0.0824. The van der Waals surface area contributed by atoms with Gasteiger partial charge in [-0.1, -0.05) is 11.8 Å². The average molecular weight is 448 g/mol. The van der Waals surface area contributed by atoms with Gasteiger partial charge in [-0.3, -0.25) is 19.0 Å². The molecule has 2 atom stereocenters. The van der Waals surface area contributed by atoms with Crippen molar-refractivity contribution in [3.05, 3.63) is 16.6 Å². The summed E-state index contributed by atoms with van der Waals surface area (Å²) in [5.41, 5.74) is 0.139. The van der Waals surface area contributed by atoms with Crippen LogP contribution in [-0.4, -0.2) is 61.6 Å². The van der Waals surface area contributed by atoms with Crippen LogP contribution in [-0.2, 0) is 19.9 Å². The van der Waals surface area contributed by atoms with E-state index in [1.54, 1.807) is 27.3 Å². The second-order valence-electron chi connectivity index (χ2n) is 9.13. The number of fused-ring (bicyclic) bond motifs is 2. The van der Waals surface area contributed by atoms with Gasteiger partial charge in [0.25, 0.3) is 5.56 Å². The van der Waals surface area contributed by atoms with Gasteiger partial charge >= 0.3 is 5.97 Å². The Morgan fingerprint density at radius 3 is 2.81 bits per heavy atom. The number of rotatable bonds is 4. The molecule has 4 rings (SSSR count). The summed E-state index contributed by atoms with van der Waals surface area (Å²) in [6.45, 7) is 9.19. The summed E-state index contributed by atoms with van der Waals surface area (Å²) in [6, 6.07) is -0.252. The van der Waals surface area contributed by atoms with Crippen molar-refractivity contribution in [3.63, 3.8) is 0 Å². The Balaban J connectivity index is 1.54. The zero-order valence-corrected chi connectivity index (χ0v) is 19.3. The Morgan fingerprint density at radius 2 is 2.10 bits per heavy atom. The molecular formula is C21H29N5O4S. The number of ether oxygens (including phenoxy) is 1. The Hall–Kier alpha value is -2.36. The fourth-order valence-corrected chi connectivity index (χ4v) is 5.39. The van der Waals surface area contributed by atoms with E-state index >= 15 is 0 Å². The lowest BCUT2D eigenvalue weighted by atomic mass is 9.97. The third kappa shape index (κ3) is 4.09. The van der Waals surface area contributed by atoms with Crippen LogP contribution in [0.2, 0.25) is 0 Å². The number of piperidine rings is 1. The molecule has 1 amide bonds. The lowest BCUT2D eigenvalue weighted by Crippen LogP contribution is -2.43. The fraction of sp³-hybridized carbons (Fsp3) is 0.667. The van der Waals surface area contributed by atoms with Gasteiger partial charge in [-0.25, -0.2) is 9.67 Å². The highest BCUT2D eigenvalue weighted by Gasteiger charge is 2.34. The summed E-state index contributed by atoms with van der Waals surface area (Å²) in [6.07, 6.45) is 3.30. The van der Waals surface area contributed by atoms with Crippen molar-refractivity contribution < 1.29 is 14.3 Å². The number of likely N-dealkylation sites (tertiary alicyclic amines) is 1. The van der Waals surface area contributed by atoms with Crippen LogP contribution in [0.15, 0.2) is 16.1 Å². The van der Waals surface area contributed by atoms with Gasteiger partial charge < -0.3 is 9.64 Å². The van der Waals surface area contributed by atoms with Gasteiger partial charge in [0.2, 0.25) is 5.91 Å². The van der Waals surface area contributed by atoms with Gasteiger partial charge in [-0.15, -0.1) is 0 Å². The van der Waals surface area contributed by atoms with Gasteiger partial charge in [0.05, 0.1) is 30.3 Å². The van der Waals surface area contributed by atoms with Crippen LogP contribution in [0, 0.1) is 5.92 Å². The van der Waals surface area contributed by atoms with Crippen LogP contribution >= 0.6 is 11.8 Å². The van der Waals surface area contributed by atoms with Crippen molar-refractivity contribution in [3.8, 4) is 0 Å². The molecule has 168 valence electrons. The van der Waals surface area contributed by atoms with E-state index in [1.165, 1.54) is 11.8 Å². The molecule has 1 fully saturated rings. The molecule has 31 heavy (non-hydrogen) atoms. The minimum atomic E-state index is -0.289. The third-order valence-electron chi connectivity index (χ3n) is 5.81. The van der Waals surface area contributed by atoms with Gasteiger partial charge in [-0.2, -0.15) is 5.10 Å².